The molecule has 4 nitrogen and oxygen atoms in total. The molecule has 0 radical (unpaired) electrons. The van der Waals surface area contributed by atoms with Gasteiger partial charge in [-0.05, 0) is 24.8 Å². The number of aliphatic imine (C=N–C) groups is 1. The molecule has 1 atom stereocenters. The van der Waals surface area contributed by atoms with Crippen LogP contribution in [-0.2, 0) is 11.3 Å². The molecule has 0 amide bonds. The van der Waals surface area contributed by atoms with E-state index in [0.29, 0.717) is 12.0 Å². The zero-order valence-electron chi connectivity index (χ0n) is 13.7. The van der Waals surface area contributed by atoms with Crippen LogP contribution in [0.5, 0.6) is 0 Å². The molecular formula is C17H29N3O. The van der Waals surface area contributed by atoms with Gasteiger partial charge in [0.1, 0.15) is 0 Å². The largest absolute Gasteiger partial charge is 0.378 e. The first-order valence-electron chi connectivity index (χ1n) is 7.77. The van der Waals surface area contributed by atoms with Gasteiger partial charge in [-0.15, -0.1) is 0 Å². The van der Waals surface area contributed by atoms with Crippen molar-refractivity contribution < 1.29 is 4.74 Å². The first-order valence-corrected chi connectivity index (χ1v) is 7.77. The Morgan fingerprint density at radius 2 is 1.90 bits per heavy atom. The summed E-state index contributed by atoms with van der Waals surface area (Å²) in [4.78, 5) is 4.24. The summed E-state index contributed by atoms with van der Waals surface area (Å²) in [7, 11) is 1.79. The molecule has 0 aliphatic heterocycles. The predicted octanol–water partition coefficient (Wildman–Crippen LogP) is 2.80. The maximum absolute atomic E-state index is 5.75. The molecule has 1 rings (SSSR count). The van der Waals surface area contributed by atoms with Crippen LogP contribution in [0.4, 0.5) is 0 Å². The Bertz CT molecular complexity index is 404. The SMILES string of the molecule is CCOC(CCNC(=NC)NCc1ccccc1)C(C)C. The lowest BCUT2D eigenvalue weighted by atomic mass is 10.0. The average molecular weight is 291 g/mol. The Morgan fingerprint density at radius 3 is 2.48 bits per heavy atom. The summed E-state index contributed by atoms with van der Waals surface area (Å²) in [6.07, 6.45) is 1.28. The number of hydrogen-bond acceptors (Lipinski definition) is 2. The van der Waals surface area contributed by atoms with E-state index >= 15 is 0 Å². The Morgan fingerprint density at radius 1 is 1.19 bits per heavy atom. The van der Waals surface area contributed by atoms with Gasteiger partial charge in [-0.1, -0.05) is 44.2 Å². The fraction of sp³-hybridized carbons (Fsp3) is 0.588. The molecule has 1 unspecified atom stereocenters. The van der Waals surface area contributed by atoms with Crippen molar-refractivity contribution in [3.8, 4) is 0 Å². The van der Waals surface area contributed by atoms with Gasteiger partial charge in [0, 0.05) is 26.7 Å². The van der Waals surface area contributed by atoms with Gasteiger partial charge in [-0.2, -0.15) is 0 Å². The Labute approximate surface area is 129 Å². The van der Waals surface area contributed by atoms with Gasteiger partial charge in [-0.3, -0.25) is 4.99 Å². The second-order valence-electron chi connectivity index (χ2n) is 5.36. The summed E-state index contributed by atoms with van der Waals surface area (Å²) in [6.45, 7) is 8.84. The van der Waals surface area contributed by atoms with E-state index < -0.39 is 0 Å². The summed E-state index contributed by atoms with van der Waals surface area (Å²) in [5.74, 6) is 1.36. The molecule has 4 heteroatoms. The third-order valence-corrected chi connectivity index (χ3v) is 3.37. The first-order chi connectivity index (χ1) is 10.2. The summed E-state index contributed by atoms with van der Waals surface area (Å²) >= 11 is 0. The standard InChI is InChI=1S/C17H29N3O/c1-5-21-16(14(2)3)11-12-19-17(18-4)20-13-15-9-7-6-8-10-15/h6-10,14,16H,5,11-13H2,1-4H3,(H2,18,19,20). The molecule has 0 aliphatic carbocycles. The van der Waals surface area contributed by atoms with Crippen molar-refractivity contribution in [1.82, 2.24) is 10.6 Å². The van der Waals surface area contributed by atoms with E-state index in [-0.39, 0.29) is 0 Å². The van der Waals surface area contributed by atoms with Crippen LogP contribution in [0.15, 0.2) is 35.3 Å². The number of guanidine groups is 1. The van der Waals surface area contributed by atoms with Gasteiger partial charge >= 0.3 is 0 Å². The molecule has 0 spiro atoms. The Hall–Kier alpha value is -1.55. The van der Waals surface area contributed by atoms with Gasteiger partial charge < -0.3 is 15.4 Å². The van der Waals surface area contributed by atoms with Crippen molar-refractivity contribution in [2.75, 3.05) is 20.2 Å². The highest BCUT2D eigenvalue weighted by Crippen LogP contribution is 2.09. The minimum Gasteiger partial charge on any atom is -0.378 e. The topological polar surface area (TPSA) is 45.6 Å². The lowest BCUT2D eigenvalue weighted by Gasteiger charge is -2.21. The van der Waals surface area contributed by atoms with Crippen molar-refractivity contribution in [2.24, 2.45) is 10.9 Å². The van der Waals surface area contributed by atoms with Gasteiger partial charge in [0.25, 0.3) is 0 Å². The van der Waals surface area contributed by atoms with Crippen LogP contribution in [0.2, 0.25) is 0 Å². The van der Waals surface area contributed by atoms with Gasteiger partial charge in [0.2, 0.25) is 0 Å². The highest BCUT2D eigenvalue weighted by molar-refractivity contribution is 5.79. The zero-order valence-corrected chi connectivity index (χ0v) is 13.7. The molecule has 1 aromatic carbocycles. The van der Waals surface area contributed by atoms with E-state index in [0.717, 1.165) is 32.1 Å². The molecule has 0 heterocycles. The molecule has 2 N–H and O–H groups in total. The minimum atomic E-state index is 0.301. The van der Waals surface area contributed by atoms with Crippen LogP contribution in [0.3, 0.4) is 0 Å². The fourth-order valence-electron chi connectivity index (χ4n) is 2.16. The van der Waals surface area contributed by atoms with Crippen molar-refractivity contribution in [2.45, 2.75) is 39.8 Å². The van der Waals surface area contributed by atoms with E-state index in [1.165, 1.54) is 5.56 Å². The third-order valence-electron chi connectivity index (χ3n) is 3.37. The minimum absolute atomic E-state index is 0.301. The molecule has 0 bridgehead atoms. The number of nitrogens with one attached hydrogen (secondary N) is 2. The van der Waals surface area contributed by atoms with Gasteiger partial charge in [0.05, 0.1) is 6.10 Å². The van der Waals surface area contributed by atoms with Crippen molar-refractivity contribution in [1.29, 1.82) is 0 Å². The maximum Gasteiger partial charge on any atom is 0.191 e. The number of nitrogens with zero attached hydrogens (tertiary/aromatic N) is 1. The molecule has 0 saturated carbocycles. The van der Waals surface area contributed by atoms with Crippen molar-refractivity contribution in [3.63, 3.8) is 0 Å². The molecule has 0 aromatic heterocycles. The molecule has 1 aromatic rings. The molecule has 0 saturated heterocycles. The van der Waals surface area contributed by atoms with E-state index in [9.17, 15) is 0 Å². The second kappa shape index (κ2) is 10.2. The third kappa shape index (κ3) is 7.14. The zero-order chi connectivity index (χ0) is 15.5. The van der Waals surface area contributed by atoms with Crippen molar-refractivity contribution >= 4 is 5.96 Å². The second-order valence-corrected chi connectivity index (χ2v) is 5.36. The first kappa shape index (κ1) is 17.5. The molecule has 118 valence electrons. The van der Waals surface area contributed by atoms with E-state index in [4.69, 9.17) is 4.74 Å². The number of hydrogen-bond donors (Lipinski definition) is 2. The highest BCUT2D eigenvalue weighted by atomic mass is 16.5. The summed E-state index contributed by atoms with van der Waals surface area (Å²) in [6, 6.07) is 10.3. The number of rotatable bonds is 8. The molecule has 21 heavy (non-hydrogen) atoms. The quantitative estimate of drug-likeness (QED) is 0.572. The monoisotopic (exact) mass is 291 g/mol. The summed E-state index contributed by atoms with van der Waals surface area (Å²) in [5.41, 5.74) is 1.25. The van der Waals surface area contributed by atoms with Gasteiger partial charge in [-0.25, -0.2) is 0 Å². The van der Waals surface area contributed by atoms with E-state index in [1.54, 1.807) is 7.05 Å². The van der Waals surface area contributed by atoms with Gasteiger partial charge in [0.15, 0.2) is 5.96 Å². The van der Waals surface area contributed by atoms with Crippen LogP contribution in [-0.4, -0.2) is 32.3 Å². The lowest BCUT2D eigenvalue weighted by Crippen LogP contribution is -2.38. The number of benzene rings is 1. The predicted molar refractivity (Wildman–Crippen MR) is 89.5 cm³/mol. The molecule has 0 fully saturated rings. The lowest BCUT2D eigenvalue weighted by molar-refractivity contribution is 0.0258. The Balaban J connectivity index is 2.31. The van der Waals surface area contributed by atoms with Crippen LogP contribution >= 0.6 is 0 Å². The fourth-order valence-corrected chi connectivity index (χ4v) is 2.16. The molecule has 0 aliphatic rings. The van der Waals surface area contributed by atoms with E-state index in [1.807, 2.05) is 25.1 Å². The number of ether oxygens (including phenoxy) is 1. The maximum atomic E-state index is 5.75. The Kier molecular flexibility index (Phi) is 8.51. The van der Waals surface area contributed by atoms with Crippen LogP contribution in [0.25, 0.3) is 0 Å². The van der Waals surface area contributed by atoms with Crippen molar-refractivity contribution in [3.05, 3.63) is 35.9 Å². The highest BCUT2D eigenvalue weighted by Gasteiger charge is 2.12. The van der Waals surface area contributed by atoms with Crippen LogP contribution in [0.1, 0.15) is 32.8 Å². The van der Waals surface area contributed by atoms with E-state index in [2.05, 4.69) is 41.6 Å². The molecular weight excluding hydrogens is 262 g/mol. The summed E-state index contributed by atoms with van der Waals surface area (Å²) < 4.78 is 5.75. The normalized spacial score (nSPS) is 13.3. The van der Waals surface area contributed by atoms with Crippen LogP contribution < -0.4 is 10.6 Å². The average Bonchev–Trinajstić information content (AvgIpc) is 2.50. The summed E-state index contributed by atoms with van der Waals surface area (Å²) in [5, 5.41) is 6.66. The smallest absolute Gasteiger partial charge is 0.191 e. The van der Waals surface area contributed by atoms with Crippen LogP contribution in [0, 0.1) is 5.92 Å².